The molecule has 3 rings (SSSR count). The number of phenolic OH excluding ortho intramolecular Hbond substituents is 1. The Hall–Kier alpha value is -3.10. The highest BCUT2D eigenvalue weighted by Gasteiger charge is 2.19. The molecule has 26 heavy (non-hydrogen) atoms. The Kier molecular flexibility index (Phi) is 4.31. The minimum absolute atomic E-state index is 0.0106. The van der Waals surface area contributed by atoms with Crippen molar-refractivity contribution >= 4 is 38.2 Å². The van der Waals surface area contributed by atoms with Gasteiger partial charge in [0.1, 0.15) is 10.6 Å². The van der Waals surface area contributed by atoms with Gasteiger partial charge in [0.15, 0.2) is 0 Å². The summed E-state index contributed by atoms with van der Waals surface area (Å²) in [5.41, 5.74) is 7.16. The summed E-state index contributed by atoms with van der Waals surface area (Å²) in [7, 11) is -4.57. The number of hydrogen-bond donors (Lipinski definition) is 4. The van der Waals surface area contributed by atoms with Crippen LogP contribution in [0, 0.1) is 6.92 Å². The zero-order chi connectivity index (χ0) is 19.1. The van der Waals surface area contributed by atoms with Crippen LogP contribution < -0.4 is 11.1 Å². The molecule has 3 aromatic rings. The van der Waals surface area contributed by atoms with E-state index in [1.807, 2.05) is 0 Å². The normalized spacial score (nSPS) is 11.5. The molecule has 0 radical (unpaired) electrons. The molecular formula is C18H16N2O5S. The molecule has 0 spiro atoms. The van der Waals surface area contributed by atoms with Gasteiger partial charge in [-0.2, -0.15) is 8.42 Å². The third kappa shape index (κ3) is 3.46. The highest BCUT2D eigenvalue weighted by Crippen LogP contribution is 2.30. The summed E-state index contributed by atoms with van der Waals surface area (Å²) in [4.78, 5) is 12.0. The van der Waals surface area contributed by atoms with Crippen LogP contribution in [0.2, 0.25) is 0 Å². The summed E-state index contributed by atoms with van der Waals surface area (Å²) < 4.78 is 32.9. The van der Waals surface area contributed by atoms with Gasteiger partial charge in [0.2, 0.25) is 0 Å². The molecule has 0 saturated carbocycles. The first-order valence-electron chi connectivity index (χ1n) is 7.57. The SMILES string of the molecule is Cc1cc(C(=O)Nc2cc3cc(O)ccc3cc2S(=O)(=O)O)ccc1N. The van der Waals surface area contributed by atoms with Crippen molar-refractivity contribution in [1.29, 1.82) is 0 Å². The van der Waals surface area contributed by atoms with E-state index in [1.54, 1.807) is 19.1 Å². The van der Waals surface area contributed by atoms with Gasteiger partial charge in [-0.15, -0.1) is 0 Å². The Balaban J connectivity index is 2.10. The molecule has 0 fully saturated rings. The first-order chi connectivity index (χ1) is 12.1. The number of hydrogen-bond acceptors (Lipinski definition) is 5. The monoisotopic (exact) mass is 372 g/mol. The fraction of sp³-hybridized carbons (Fsp3) is 0.0556. The van der Waals surface area contributed by atoms with Crippen LogP contribution in [0.4, 0.5) is 11.4 Å². The molecule has 134 valence electrons. The average molecular weight is 372 g/mol. The molecule has 0 bridgehead atoms. The van der Waals surface area contributed by atoms with Crippen molar-refractivity contribution in [2.24, 2.45) is 0 Å². The largest absolute Gasteiger partial charge is 0.508 e. The Morgan fingerprint density at radius 1 is 1.04 bits per heavy atom. The summed E-state index contributed by atoms with van der Waals surface area (Å²) in [5, 5.41) is 13.1. The Morgan fingerprint density at radius 3 is 2.42 bits per heavy atom. The molecule has 0 unspecified atom stereocenters. The minimum Gasteiger partial charge on any atom is -0.508 e. The van der Waals surface area contributed by atoms with E-state index in [0.717, 1.165) is 0 Å². The molecule has 0 saturated heterocycles. The number of aromatic hydroxyl groups is 1. The Labute approximate surface area is 149 Å². The van der Waals surface area contributed by atoms with Crippen LogP contribution >= 0.6 is 0 Å². The summed E-state index contributed by atoms with van der Waals surface area (Å²) in [5.74, 6) is -0.568. The second-order valence-corrected chi connectivity index (χ2v) is 7.27. The fourth-order valence-electron chi connectivity index (χ4n) is 2.59. The number of amides is 1. The number of fused-ring (bicyclic) bond motifs is 1. The van der Waals surface area contributed by atoms with E-state index < -0.39 is 20.9 Å². The first-order valence-corrected chi connectivity index (χ1v) is 9.01. The molecule has 0 aliphatic heterocycles. The van der Waals surface area contributed by atoms with Crippen LogP contribution in [-0.4, -0.2) is 24.0 Å². The third-order valence-corrected chi connectivity index (χ3v) is 4.87. The van der Waals surface area contributed by atoms with Gasteiger partial charge >= 0.3 is 0 Å². The van der Waals surface area contributed by atoms with Crippen LogP contribution in [0.3, 0.4) is 0 Å². The van der Waals surface area contributed by atoms with E-state index in [1.165, 1.54) is 36.4 Å². The molecule has 8 heteroatoms. The van der Waals surface area contributed by atoms with Crippen molar-refractivity contribution in [3.05, 3.63) is 59.7 Å². The van der Waals surface area contributed by atoms with Gasteiger partial charge in [-0.3, -0.25) is 9.35 Å². The molecule has 0 aliphatic carbocycles. The average Bonchev–Trinajstić information content (AvgIpc) is 2.55. The molecule has 0 atom stereocenters. The summed E-state index contributed by atoms with van der Waals surface area (Å²) in [6.07, 6.45) is 0. The second-order valence-electron chi connectivity index (χ2n) is 5.88. The predicted molar refractivity (Wildman–Crippen MR) is 99.0 cm³/mol. The van der Waals surface area contributed by atoms with Gasteiger partial charge in [0.05, 0.1) is 5.69 Å². The molecule has 5 N–H and O–H groups in total. The quantitative estimate of drug-likeness (QED) is 0.413. The number of aryl methyl sites for hydroxylation is 1. The lowest BCUT2D eigenvalue weighted by molar-refractivity contribution is 0.102. The Morgan fingerprint density at radius 2 is 1.77 bits per heavy atom. The molecular weight excluding hydrogens is 356 g/mol. The predicted octanol–water partition coefficient (Wildman–Crippen LogP) is 2.94. The number of rotatable bonds is 3. The van der Waals surface area contributed by atoms with E-state index in [-0.39, 0.29) is 17.0 Å². The van der Waals surface area contributed by atoms with Crippen molar-refractivity contribution < 1.29 is 22.9 Å². The molecule has 0 heterocycles. The maximum Gasteiger partial charge on any atom is 0.296 e. The standard InChI is InChI=1S/C18H16N2O5S/c1-10-6-12(3-5-15(10)19)18(22)20-16-8-13-7-14(21)4-2-11(13)9-17(16)26(23,24)25/h2-9,21H,19H2,1H3,(H,20,22)(H,23,24,25). The lowest BCUT2D eigenvalue weighted by Gasteiger charge is -2.12. The smallest absolute Gasteiger partial charge is 0.296 e. The number of carbonyl (C=O) groups is 1. The summed E-state index contributed by atoms with van der Waals surface area (Å²) in [6, 6.07) is 11.6. The fourth-order valence-corrected chi connectivity index (χ4v) is 3.25. The van der Waals surface area contributed by atoms with Crippen molar-refractivity contribution in [2.45, 2.75) is 11.8 Å². The maximum atomic E-state index is 12.5. The van der Waals surface area contributed by atoms with Crippen LogP contribution in [0.25, 0.3) is 10.8 Å². The van der Waals surface area contributed by atoms with Gasteiger partial charge in [0.25, 0.3) is 16.0 Å². The van der Waals surface area contributed by atoms with Gasteiger partial charge in [-0.05, 0) is 65.7 Å². The van der Waals surface area contributed by atoms with E-state index in [4.69, 9.17) is 5.73 Å². The van der Waals surface area contributed by atoms with Gasteiger partial charge in [-0.1, -0.05) is 6.07 Å². The lowest BCUT2D eigenvalue weighted by Crippen LogP contribution is -2.15. The lowest BCUT2D eigenvalue weighted by atomic mass is 10.1. The van der Waals surface area contributed by atoms with E-state index >= 15 is 0 Å². The van der Waals surface area contributed by atoms with Crippen molar-refractivity contribution in [3.63, 3.8) is 0 Å². The molecule has 0 aliphatic rings. The second kappa shape index (κ2) is 6.32. The van der Waals surface area contributed by atoms with E-state index in [0.29, 0.717) is 22.0 Å². The number of nitrogens with one attached hydrogen (secondary N) is 1. The number of anilines is 2. The van der Waals surface area contributed by atoms with Crippen LogP contribution in [0.15, 0.2) is 53.4 Å². The van der Waals surface area contributed by atoms with Gasteiger partial charge < -0.3 is 16.2 Å². The van der Waals surface area contributed by atoms with E-state index in [2.05, 4.69) is 5.32 Å². The number of phenols is 1. The van der Waals surface area contributed by atoms with Crippen LogP contribution in [0.5, 0.6) is 5.75 Å². The summed E-state index contributed by atoms with van der Waals surface area (Å²) >= 11 is 0. The van der Waals surface area contributed by atoms with Crippen LogP contribution in [0.1, 0.15) is 15.9 Å². The Bertz CT molecular complexity index is 1140. The third-order valence-electron chi connectivity index (χ3n) is 3.98. The van der Waals surface area contributed by atoms with Gasteiger partial charge in [0, 0.05) is 11.3 Å². The van der Waals surface area contributed by atoms with Crippen molar-refractivity contribution in [3.8, 4) is 5.75 Å². The van der Waals surface area contributed by atoms with Crippen molar-refractivity contribution in [2.75, 3.05) is 11.1 Å². The highest BCUT2D eigenvalue weighted by molar-refractivity contribution is 7.86. The maximum absolute atomic E-state index is 12.5. The topological polar surface area (TPSA) is 130 Å². The van der Waals surface area contributed by atoms with E-state index in [9.17, 15) is 22.9 Å². The van der Waals surface area contributed by atoms with Crippen LogP contribution in [-0.2, 0) is 10.1 Å². The minimum atomic E-state index is -4.57. The molecule has 7 nitrogen and oxygen atoms in total. The highest BCUT2D eigenvalue weighted by atomic mass is 32.2. The zero-order valence-electron chi connectivity index (χ0n) is 13.7. The number of benzene rings is 3. The van der Waals surface area contributed by atoms with Crippen molar-refractivity contribution in [1.82, 2.24) is 0 Å². The number of nitrogens with two attached hydrogens (primary N) is 1. The number of nitrogen functional groups attached to an aromatic ring is 1. The first kappa shape index (κ1) is 17.7. The zero-order valence-corrected chi connectivity index (χ0v) is 14.5. The van der Waals surface area contributed by atoms with Gasteiger partial charge in [-0.25, -0.2) is 0 Å². The molecule has 0 aromatic heterocycles. The number of carbonyl (C=O) groups excluding carboxylic acids is 1. The molecule has 3 aromatic carbocycles. The molecule has 1 amide bonds. The summed E-state index contributed by atoms with van der Waals surface area (Å²) in [6.45, 7) is 1.74.